The van der Waals surface area contributed by atoms with Crippen LogP contribution < -0.4 is 9.64 Å². The first-order valence-electron chi connectivity index (χ1n) is 12.7. The van der Waals surface area contributed by atoms with Crippen molar-refractivity contribution in [3.05, 3.63) is 99.5 Å². The molecule has 1 spiro atoms. The van der Waals surface area contributed by atoms with Gasteiger partial charge in [-0.3, -0.25) is 14.4 Å². The van der Waals surface area contributed by atoms with Crippen molar-refractivity contribution in [2.24, 2.45) is 10.8 Å². The molecule has 0 amide bonds. The second-order valence-corrected chi connectivity index (χ2v) is 12.2. The van der Waals surface area contributed by atoms with Crippen LogP contribution in [0.25, 0.3) is 6.08 Å². The number of halogens is 1. The monoisotopic (exact) mass is 569 g/mol. The lowest BCUT2D eigenvalue weighted by atomic mass is 9.63. The van der Waals surface area contributed by atoms with Gasteiger partial charge >= 0.3 is 0 Å². The van der Waals surface area contributed by atoms with E-state index >= 15 is 0 Å². The zero-order valence-corrected chi connectivity index (χ0v) is 23.3. The number of benzene rings is 3. The van der Waals surface area contributed by atoms with Crippen molar-refractivity contribution >= 4 is 45.0 Å². The van der Waals surface area contributed by atoms with Crippen LogP contribution in [0.5, 0.6) is 5.75 Å². The molecule has 6 rings (SSSR count). The molecule has 3 atom stereocenters. The second kappa shape index (κ2) is 8.50. The van der Waals surface area contributed by atoms with Crippen LogP contribution in [0.4, 0.5) is 5.69 Å². The number of carbonyl (C=O) groups is 3. The van der Waals surface area contributed by atoms with E-state index in [9.17, 15) is 14.4 Å². The molecule has 0 saturated carbocycles. The number of nitrogens with zero attached hydrogens (tertiary/aromatic N) is 1. The molecule has 1 saturated heterocycles. The minimum absolute atomic E-state index is 0.0204. The zero-order valence-electron chi connectivity index (χ0n) is 21.7. The average Bonchev–Trinajstić information content (AvgIpc) is 3.33. The van der Waals surface area contributed by atoms with Gasteiger partial charge in [0.25, 0.3) is 0 Å². The number of rotatable bonds is 3. The Hall–Kier alpha value is -3.51. The number of hydrogen-bond donors (Lipinski definition) is 0. The summed E-state index contributed by atoms with van der Waals surface area (Å²) in [5, 5.41) is 0. The van der Waals surface area contributed by atoms with Gasteiger partial charge in [0.05, 0.1) is 19.2 Å². The Morgan fingerprint density at radius 1 is 0.947 bits per heavy atom. The summed E-state index contributed by atoms with van der Waals surface area (Å²) in [4.78, 5) is 45.6. The molecule has 1 fully saturated rings. The Morgan fingerprint density at radius 2 is 1.63 bits per heavy atom. The van der Waals surface area contributed by atoms with Gasteiger partial charge in [-0.25, -0.2) is 0 Å². The molecule has 1 aliphatic carbocycles. The van der Waals surface area contributed by atoms with Crippen LogP contribution in [0.2, 0.25) is 0 Å². The highest BCUT2D eigenvalue weighted by molar-refractivity contribution is 9.10. The first-order chi connectivity index (χ1) is 18.1. The molecular formula is C32H28BrNO4. The van der Waals surface area contributed by atoms with Gasteiger partial charge in [-0.15, -0.1) is 0 Å². The van der Waals surface area contributed by atoms with Crippen molar-refractivity contribution in [1.82, 2.24) is 0 Å². The summed E-state index contributed by atoms with van der Waals surface area (Å²) < 4.78 is 6.46. The highest BCUT2D eigenvalue weighted by atomic mass is 79.9. The first-order valence-corrected chi connectivity index (χ1v) is 13.5. The predicted molar refractivity (Wildman–Crippen MR) is 151 cm³/mol. The maximum absolute atomic E-state index is 14.6. The molecule has 192 valence electrons. The quantitative estimate of drug-likeness (QED) is 0.336. The van der Waals surface area contributed by atoms with E-state index in [1.807, 2.05) is 80.3 Å². The summed E-state index contributed by atoms with van der Waals surface area (Å²) >= 11 is 3.56. The highest BCUT2D eigenvalue weighted by Crippen LogP contribution is 2.61. The first kappa shape index (κ1) is 24.8. The van der Waals surface area contributed by atoms with E-state index in [-0.39, 0.29) is 17.3 Å². The molecule has 0 bridgehead atoms. The van der Waals surface area contributed by atoms with Gasteiger partial charge in [0.15, 0.2) is 17.3 Å². The van der Waals surface area contributed by atoms with Crippen LogP contribution in [0.15, 0.2) is 77.3 Å². The van der Waals surface area contributed by atoms with E-state index in [2.05, 4.69) is 15.9 Å². The maximum Gasteiger partial charge on any atom is 0.180 e. The van der Waals surface area contributed by atoms with Crippen LogP contribution in [0.1, 0.15) is 58.5 Å². The lowest BCUT2D eigenvalue weighted by Gasteiger charge is -2.38. The Labute approximate surface area is 230 Å². The number of hydrogen-bond acceptors (Lipinski definition) is 5. The van der Waals surface area contributed by atoms with Crippen LogP contribution in [-0.4, -0.2) is 36.5 Å². The average molecular weight is 570 g/mol. The van der Waals surface area contributed by atoms with Gasteiger partial charge in [0.2, 0.25) is 0 Å². The molecular weight excluding hydrogens is 542 g/mol. The van der Waals surface area contributed by atoms with Crippen molar-refractivity contribution in [2.75, 3.05) is 12.0 Å². The van der Waals surface area contributed by atoms with E-state index in [0.29, 0.717) is 16.9 Å². The second-order valence-electron chi connectivity index (χ2n) is 11.3. The molecule has 2 heterocycles. The molecule has 3 aromatic carbocycles. The molecule has 0 radical (unpaired) electrons. The van der Waals surface area contributed by atoms with Crippen LogP contribution in [0, 0.1) is 10.8 Å². The van der Waals surface area contributed by atoms with Gasteiger partial charge in [0, 0.05) is 32.6 Å². The third kappa shape index (κ3) is 3.25. The number of ketones is 3. The van der Waals surface area contributed by atoms with Crippen molar-refractivity contribution in [1.29, 1.82) is 0 Å². The molecule has 38 heavy (non-hydrogen) atoms. The maximum atomic E-state index is 14.6. The van der Waals surface area contributed by atoms with Crippen LogP contribution in [0.3, 0.4) is 0 Å². The van der Waals surface area contributed by atoms with Gasteiger partial charge in [-0.05, 0) is 41.5 Å². The number of ether oxygens (including phenoxy) is 1. The fourth-order valence-electron chi connectivity index (χ4n) is 6.60. The number of Topliss-reactive ketones (excluding diaryl/α,β-unsaturated/α-hetero) is 3. The van der Waals surface area contributed by atoms with Crippen LogP contribution in [-0.2, 0) is 4.79 Å². The van der Waals surface area contributed by atoms with Crippen molar-refractivity contribution in [2.45, 2.75) is 38.8 Å². The molecule has 6 heteroatoms. The lowest BCUT2D eigenvalue weighted by molar-refractivity contribution is -0.127. The van der Waals surface area contributed by atoms with E-state index < -0.39 is 28.8 Å². The molecule has 0 aromatic heterocycles. The number of anilines is 1. The summed E-state index contributed by atoms with van der Waals surface area (Å²) in [7, 11) is 1.59. The largest absolute Gasteiger partial charge is 0.497 e. The topological polar surface area (TPSA) is 63.7 Å². The Balaban J connectivity index is 1.70. The fraction of sp³-hybridized carbons (Fsp3) is 0.281. The minimum Gasteiger partial charge on any atom is -0.497 e. The van der Waals surface area contributed by atoms with Gasteiger partial charge < -0.3 is 9.64 Å². The number of fused-ring (bicyclic) bond motifs is 5. The van der Waals surface area contributed by atoms with Crippen molar-refractivity contribution < 1.29 is 19.1 Å². The minimum atomic E-state index is -1.50. The van der Waals surface area contributed by atoms with E-state index in [0.717, 1.165) is 21.3 Å². The third-order valence-electron chi connectivity index (χ3n) is 8.23. The summed E-state index contributed by atoms with van der Waals surface area (Å²) in [6, 6.07) is 19.0. The molecule has 3 aliphatic rings. The molecule has 5 nitrogen and oxygen atoms in total. The summed E-state index contributed by atoms with van der Waals surface area (Å²) in [6.07, 6.45) is 3.92. The van der Waals surface area contributed by atoms with Crippen LogP contribution >= 0.6 is 15.9 Å². The van der Waals surface area contributed by atoms with Crippen molar-refractivity contribution in [3.63, 3.8) is 0 Å². The Kier molecular flexibility index (Phi) is 5.55. The molecule has 0 N–H and O–H groups in total. The standard InChI is InChI=1S/C32H28BrNO4/c1-31(2,3)30(37)27-26(19-8-7-9-21(17-19)38-4)32(28(35)22-10-5-6-11-23(22)29(32)36)25-15-12-18-16-20(33)13-14-24(18)34(25)27/h5-17,25-27H,1-4H3/t25-,26+,27+/m1/s1. The summed E-state index contributed by atoms with van der Waals surface area (Å²) in [5.41, 5.74) is 1.13. The highest BCUT2D eigenvalue weighted by Gasteiger charge is 2.71. The van der Waals surface area contributed by atoms with E-state index in [1.165, 1.54) is 0 Å². The summed E-state index contributed by atoms with van der Waals surface area (Å²) in [6.45, 7) is 5.69. The van der Waals surface area contributed by atoms with E-state index in [1.54, 1.807) is 31.4 Å². The van der Waals surface area contributed by atoms with Gasteiger partial charge in [-0.1, -0.05) is 85.3 Å². The van der Waals surface area contributed by atoms with Crippen molar-refractivity contribution in [3.8, 4) is 5.75 Å². The van der Waals surface area contributed by atoms with E-state index in [4.69, 9.17) is 4.74 Å². The Bertz CT molecular complexity index is 1510. The normalized spacial score (nSPS) is 22.9. The predicted octanol–water partition coefficient (Wildman–Crippen LogP) is 6.51. The number of methoxy groups -OCH3 is 1. The number of carbonyl (C=O) groups excluding carboxylic acids is 3. The van der Waals surface area contributed by atoms with Gasteiger partial charge in [0.1, 0.15) is 11.2 Å². The Morgan fingerprint density at radius 3 is 2.26 bits per heavy atom. The molecule has 2 aliphatic heterocycles. The summed E-state index contributed by atoms with van der Waals surface area (Å²) in [5.74, 6) is -0.584. The smallest absolute Gasteiger partial charge is 0.180 e. The molecule has 0 unspecified atom stereocenters. The molecule has 3 aromatic rings. The third-order valence-corrected chi connectivity index (χ3v) is 8.72. The lowest BCUT2D eigenvalue weighted by Crippen LogP contribution is -2.49. The van der Waals surface area contributed by atoms with Gasteiger partial charge in [-0.2, -0.15) is 0 Å². The SMILES string of the molecule is COc1cccc([C@H]2[C@@H](C(=O)C(C)(C)C)N3c4ccc(Br)cc4C=C[C@@H]3C23C(=O)c2ccccc2C3=O)c1. The zero-order chi connectivity index (χ0) is 27.0. The fourth-order valence-corrected chi connectivity index (χ4v) is 6.98.